The maximum absolute atomic E-state index is 13.0. The molecule has 23 heavy (non-hydrogen) atoms. The van der Waals surface area contributed by atoms with E-state index in [1.807, 2.05) is 0 Å². The summed E-state index contributed by atoms with van der Waals surface area (Å²) in [5.74, 6) is -0.626. The number of halogens is 1. The molecule has 0 radical (unpaired) electrons. The van der Waals surface area contributed by atoms with Gasteiger partial charge in [-0.05, 0) is 47.7 Å². The second kappa shape index (κ2) is 5.75. The molecule has 4 rings (SSSR count). The average molecular weight is 331 g/mol. The number of hydrogen-bond donors (Lipinski definition) is 0. The second-order valence-corrected chi connectivity index (χ2v) is 6.49. The highest BCUT2D eigenvalue weighted by Gasteiger charge is 2.19. The van der Waals surface area contributed by atoms with Crippen LogP contribution in [-0.2, 0) is 19.6 Å². The summed E-state index contributed by atoms with van der Waals surface area (Å²) in [6.07, 6.45) is 0.990. The van der Waals surface area contributed by atoms with Gasteiger partial charge in [-0.15, -0.1) is 16.4 Å². The lowest BCUT2D eigenvalue weighted by molar-refractivity contribution is 0.185. The third-order valence-electron chi connectivity index (χ3n) is 3.92. The molecule has 0 aliphatic carbocycles. The summed E-state index contributed by atoms with van der Waals surface area (Å²) in [7, 11) is 0. The summed E-state index contributed by atoms with van der Waals surface area (Å²) in [4.78, 5) is 15.6. The Morgan fingerprint density at radius 2 is 2.09 bits per heavy atom. The molecule has 118 valence electrons. The fourth-order valence-electron chi connectivity index (χ4n) is 2.72. The first-order chi connectivity index (χ1) is 11.2. The van der Waals surface area contributed by atoms with E-state index in [0.717, 1.165) is 19.5 Å². The Kier molecular flexibility index (Phi) is 3.59. The topological polar surface area (TPSA) is 51.3 Å². The number of nitrogens with zero attached hydrogens (tertiary/aromatic N) is 3. The van der Waals surface area contributed by atoms with Crippen molar-refractivity contribution in [3.05, 3.63) is 62.5 Å². The van der Waals surface area contributed by atoms with Crippen LogP contribution in [0.4, 0.5) is 4.39 Å². The van der Waals surface area contributed by atoms with Gasteiger partial charge in [0.2, 0.25) is 5.89 Å². The number of fused-ring (bicyclic) bond motifs is 1. The van der Waals surface area contributed by atoms with Crippen molar-refractivity contribution in [2.75, 3.05) is 6.54 Å². The predicted octanol–water partition coefficient (Wildman–Crippen LogP) is 2.72. The molecule has 3 heterocycles. The van der Waals surface area contributed by atoms with Crippen LogP contribution in [0.5, 0.6) is 0 Å². The zero-order chi connectivity index (χ0) is 15.8. The van der Waals surface area contributed by atoms with Gasteiger partial charge in [-0.1, -0.05) is 0 Å². The second-order valence-electron chi connectivity index (χ2n) is 5.49. The Morgan fingerprint density at radius 1 is 1.26 bits per heavy atom. The first-order valence-electron chi connectivity index (χ1n) is 7.30. The van der Waals surface area contributed by atoms with E-state index in [1.165, 1.54) is 27.3 Å². The quantitative estimate of drug-likeness (QED) is 0.740. The van der Waals surface area contributed by atoms with Crippen LogP contribution in [0.1, 0.15) is 10.4 Å². The van der Waals surface area contributed by atoms with Gasteiger partial charge in [0.05, 0.1) is 0 Å². The monoisotopic (exact) mass is 331 g/mol. The van der Waals surface area contributed by atoms with E-state index >= 15 is 0 Å². The molecule has 0 saturated heterocycles. The highest BCUT2D eigenvalue weighted by Crippen LogP contribution is 2.24. The van der Waals surface area contributed by atoms with Gasteiger partial charge in [0, 0.05) is 23.5 Å². The number of hydrogen-bond acceptors (Lipinski definition) is 5. The maximum atomic E-state index is 13.0. The molecule has 0 spiro atoms. The minimum Gasteiger partial charge on any atom is -0.388 e. The van der Waals surface area contributed by atoms with Crippen LogP contribution in [0.2, 0.25) is 0 Å². The van der Waals surface area contributed by atoms with Gasteiger partial charge in [0.25, 0.3) is 0 Å². The van der Waals surface area contributed by atoms with Gasteiger partial charge in [0.15, 0.2) is 0 Å². The summed E-state index contributed by atoms with van der Waals surface area (Å²) in [6.45, 7) is 2.08. The zero-order valence-corrected chi connectivity index (χ0v) is 13.1. The lowest BCUT2D eigenvalue weighted by Gasteiger charge is -2.25. The Hall–Kier alpha value is -2.25. The lowest BCUT2D eigenvalue weighted by Crippen LogP contribution is -2.34. The van der Waals surface area contributed by atoms with Crippen molar-refractivity contribution in [2.24, 2.45) is 0 Å². The van der Waals surface area contributed by atoms with Crippen LogP contribution in [0.25, 0.3) is 11.5 Å². The number of thiophene rings is 1. The third kappa shape index (κ3) is 2.85. The van der Waals surface area contributed by atoms with Crippen LogP contribution in [0, 0.1) is 5.82 Å². The maximum Gasteiger partial charge on any atom is 0.438 e. The summed E-state index contributed by atoms with van der Waals surface area (Å²) < 4.78 is 19.5. The number of aromatic nitrogens is 2. The highest BCUT2D eigenvalue weighted by molar-refractivity contribution is 7.10. The van der Waals surface area contributed by atoms with Gasteiger partial charge >= 0.3 is 5.76 Å². The van der Waals surface area contributed by atoms with E-state index in [1.54, 1.807) is 23.5 Å². The van der Waals surface area contributed by atoms with Crippen LogP contribution in [0.3, 0.4) is 0 Å². The molecule has 0 amide bonds. The Bertz CT molecular complexity index is 881. The Labute approximate surface area is 135 Å². The van der Waals surface area contributed by atoms with Crippen molar-refractivity contribution in [2.45, 2.75) is 19.6 Å². The van der Waals surface area contributed by atoms with Gasteiger partial charge in [0.1, 0.15) is 12.5 Å². The summed E-state index contributed by atoms with van der Waals surface area (Å²) in [5, 5.41) is 6.32. The van der Waals surface area contributed by atoms with E-state index < -0.39 is 5.76 Å². The van der Waals surface area contributed by atoms with Gasteiger partial charge < -0.3 is 4.42 Å². The minimum absolute atomic E-state index is 0.211. The molecule has 5 nitrogen and oxygen atoms in total. The molecule has 0 bridgehead atoms. The molecule has 1 aromatic carbocycles. The van der Waals surface area contributed by atoms with Gasteiger partial charge in [-0.3, -0.25) is 4.90 Å². The zero-order valence-electron chi connectivity index (χ0n) is 12.2. The summed E-state index contributed by atoms with van der Waals surface area (Å²) >= 11 is 1.78. The molecular weight excluding hydrogens is 317 g/mol. The largest absolute Gasteiger partial charge is 0.438 e. The van der Waals surface area contributed by atoms with Gasteiger partial charge in [-0.2, -0.15) is 4.68 Å². The van der Waals surface area contributed by atoms with Crippen molar-refractivity contribution >= 4 is 11.3 Å². The van der Waals surface area contributed by atoms with E-state index in [9.17, 15) is 9.18 Å². The van der Waals surface area contributed by atoms with Crippen LogP contribution < -0.4 is 5.76 Å². The molecule has 7 heteroatoms. The van der Waals surface area contributed by atoms with Crippen molar-refractivity contribution in [3.8, 4) is 11.5 Å². The van der Waals surface area contributed by atoms with Crippen molar-refractivity contribution < 1.29 is 8.81 Å². The molecule has 0 atom stereocenters. The smallest absolute Gasteiger partial charge is 0.388 e. The molecule has 3 aromatic rings. The molecular formula is C16H14FN3O2S. The SMILES string of the molecule is O=c1oc(-c2ccc(F)cc2)nn1CN1CCc2sccc2C1. The third-order valence-corrected chi connectivity index (χ3v) is 4.94. The lowest BCUT2D eigenvalue weighted by atomic mass is 10.1. The average Bonchev–Trinajstić information content (AvgIpc) is 3.15. The molecule has 2 aromatic heterocycles. The molecule has 1 aliphatic rings. The van der Waals surface area contributed by atoms with Crippen molar-refractivity contribution in [1.82, 2.24) is 14.7 Å². The molecule has 0 N–H and O–H groups in total. The van der Waals surface area contributed by atoms with E-state index in [2.05, 4.69) is 21.4 Å². The Morgan fingerprint density at radius 3 is 2.91 bits per heavy atom. The van der Waals surface area contributed by atoms with Crippen molar-refractivity contribution in [3.63, 3.8) is 0 Å². The molecule has 0 unspecified atom stereocenters. The molecule has 1 aliphatic heterocycles. The van der Waals surface area contributed by atoms with E-state index in [-0.39, 0.29) is 11.7 Å². The van der Waals surface area contributed by atoms with Crippen LogP contribution in [-0.4, -0.2) is 21.2 Å². The minimum atomic E-state index is -0.500. The predicted molar refractivity (Wildman–Crippen MR) is 84.6 cm³/mol. The fraction of sp³-hybridized carbons (Fsp3) is 0.250. The normalized spacial score (nSPS) is 14.8. The van der Waals surface area contributed by atoms with E-state index in [4.69, 9.17) is 4.42 Å². The van der Waals surface area contributed by atoms with Gasteiger partial charge in [-0.25, -0.2) is 9.18 Å². The van der Waals surface area contributed by atoms with Crippen LogP contribution >= 0.6 is 11.3 Å². The highest BCUT2D eigenvalue weighted by atomic mass is 32.1. The summed E-state index contributed by atoms with van der Waals surface area (Å²) in [5.41, 5.74) is 1.90. The standard InChI is InChI=1S/C16H14FN3O2S/c17-13-3-1-11(2-4-13)15-18-20(16(21)22-15)10-19-7-5-14-12(9-19)6-8-23-14/h1-4,6,8H,5,7,9-10H2. The van der Waals surface area contributed by atoms with Crippen molar-refractivity contribution in [1.29, 1.82) is 0 Å². The first-order valence-corrected chi connectivity index (χ1v) is 8.18. The van der Waals surface area contributed by atoms with E-state index in [0.29, 0.717) is 12.2 Å². The number of rotatable bonds is 3. The van der Waals surface area contributed by atoms with Crippen LogP contribution in [0.15, 0.2) is 44.9 Å². The Balaban J connectivity index is 1.54. The first kappa shape index (κ1) is 14.3. The summed E-state index contributed by atoms with van der Waals surface area (Å²) in [6, 6.07) is 7.85. The fourth-order valence-corrected chi connectivity index (χ4v) is 3.61. The molecule has 0 fully saturated rings. The molecule has 0 saturated carbocycles. The number of benzene rings is 1.